The summed E-state index contributed by atoms with van der Waals surface area (Å²) in [5.41, 5.74) is 2.65. The van der Waals surface area contributed by atoms with Crippen molar-refractivity contribution in [1.82, 2.24) is 15.2 Å². The molecule has 1 amide bonds. The summed E-state index contributed by atoms with van der Waals surface area (Å²) >= 11 is 11.8. The number of aromatic nitrogens is 1. The third kappa shape index (κ3) is 4.80. The van der Waals surface area contributed by atoms with Gasteiger partial charge in [-0.2, -0.15) is 0 Å². The Balaban J connectivity index is 1.64. The van der Waals surface area contributed by atoms with Crippen molar-refractivity contribution in [1.29, 1.82) is 0 Å². The Morgan fingerprint density at radius 1 is 1.23 bits per heavy atom. The molecule has 2 heterocycles. The van der Waals surface area contributed by atoms with Gasteiger partial charge >= 0.3 is 0 Å². The van der Waals surface area contributed by atoms with E-state index < -0.39 is 0 Å². The smallest absolute Gasteiger partial charge is 0.268 e. The van der Waals surface area contributed by atoms with Crippen LogP contribution in [-0.2, 0) is 17.8 Å². The van der Waals surface area contributed by atoms with Crippen molar-refractivity contribution >= 4 is 29.1 Å². The second-order valence-corrected chi connectivity index (χ2v) is 7.53. The summed E-state index contributed by atoms with van der Waals surface area (Å²) < 4.78 is 5.80. The zero-order chi connectivity index (χ0) is 18.7. The number of hydrogen-bond donors (Lipinski definition) is 2. The maximum Gasteiger partial charge on any atom is 0.268 e. The summed E-state index contributed by atoms with van der Waals surface area (Å²) in [5, 5.41) is 3.53. The Hall–Kier alpha value is -1.53. The van der Waals surface area contributed by atoms with E-state index in [-0.39, 0.29) is 23.3 Å². The third-order valence-electron chi connectivity index (χ3n) is 4.42. The van der Waals surface area contributed by atoms with Crippen LogP contribution in [0.25, 0.3) is 0 Å². The maximum atomic E-state index is 12.3. The zero-order valence-electron chi connectivity index (χ0n) is 14.9. The van der Waals surface area contributed by atoms with Crippen LogP contribution in [0.1, 0.15) is 35.5 Å². The fraction of sp³-hybridized carbons (Fsp3) is 0.421. The highest BCUT2D eigenvalue weighted by Crippen LogP contribution is 2.22. The minimum absolute atomic E-state index is 0.230. The summed E-state index contributed by atoms with van der Waals surface area (Å²) in [5.74, 6) is -0.234. The third-order valence-corrected chi connectivity index (χ3v) is 5.11. The Labute approximate surface area is 163 Å². The highest BCUT2D eigenvalue weighted by Gasteiger charge is 2.22. The molecule has 7 heteroatoms. The number of carbonyl (C=O) groups is 1. The predicted octanol–water partition coefficient (Wildman–Crippen LogP) is 3.86. The molecular formula is C19H23Cl2N3O2. The summed E-state index contributed by atoms with van der Waals surface area (Å²) in [7, 11) is 0. The molecule has 0 spiro atoms. The van der Waals surface area contributed by atoms with Crippen molar-refractivity contribution in [2.45, 2.75) is 39.1 Å². The molecule has 1 aromatic carbocycles. The zero-order valence-corrected chi connectivity index (χ0v) is 16.4. The van der Waals surface area contributed by atoms with E-state index in [0.717, 1.165) is 25.2 Å². The molecule has 3 rings (SSSR count). The number of benzene rings is 1. The van der Waals surface area contributed by atoms with Gasteiger partial charge in [-0.05, 0) is 31.0 Å². The van der Waals surface area contributed by atoms with E-state index in [1.165, 1.54) is 11.6 Å². The quantitative estimate of drug-likeness (QED) is 0.807. The van der Waals surface area contributed by atoms with Crippen molar-refractivity contribution in [2.24, 2.45) is 0 Å². The number of rotatable bonds is 5. The van der Waals surface area contributed by atoms with Gasteiger partial charge in [0.25, 0.3) is 5.91 Å². The topological polar surface area (TPSA) is 57.4 Å². The van der Waals surface area contributed by atoms with Crippen molar-refractivity contribution < 1.29 is 9.53 Å². The van der Waals surface area contributed by atoms with E-state index in [1.807, 2.05) is 18.2 Å². The molecule has 5 nitrogen and oxygen atoms in total. The Bertz CT molecular complexity index is 748. The largest absolute Gasteiger partial charge is 0.373 e. The van der Waals surface area contributed by atoms with Crippen molar-refractivity contribution in [3.8, 4) is 0 Å². The standard InChI is InChI=1S/C19H23Cl2N3O2/c1-12-9-24(10-13(2)26-12)11-15-6-4-3-5-14(15)8-22-19(25)17-7-16(20)18(21)23-17/h3-7,12-13,23H,8-11H2,1-2H3,(H,22,25). The summed E-state index contributed by atoms with van der Waals surface area (Å²) in [4.78, 5) is 17.4. The van der Waals surface area contributed by atoms with Gasteiger partial charge in [0, 0.05) is 26.2 Å². The lowest BCUT2D eigenvalue weighted by atomic mass is 10.1. The number of ether oxygens (including phenoxy) is 1. The number of nitrogens with one attached hydrogen (secondary N) is 2. The van der Waals surface area contributed by atoms with Gasteiger partial charge < -0.3 is 15.0 Å². The fourth-order valence-corrected chi connectivity index (χ4v) is 3.65. The first-order valence-electron chi connectivity index (χ1n) is 8.69. The molecule has 2 aromatic rings. The van der Waals surface area contributed by atoms with Gasteiger partial charge in [0.1, 0.15) is 10.8 Å². The van der Waals surface area contributed by atoms with E-state index in [4.69, 9.17) is 27.9 Å². The number of nitrogens with zero attached hydrogens (tertiary/aromatic N) is 1. The second-order valence-electron chi connectivity index (χ2n) is 6.75. The normalized spacial score (nSPS) is 20.9. The van der Waals surface area contributed by atoms with Gasteiger partial charge in [-0.1, -0.05) is 47.5 Å². The summed E-state index contributed by atoms with van der Waals surface area (Å²) in [6.07, 6.45) is 0.459. The average molecular weight is 396 g/mol. The minimum Gasteiger partial charge on any atom is -0.373 e. The molecular weight excluding hydrogens is 373 g/mol. The highest BCUT2D eigenvalue weighted by atomic mass is 35.5. The number of carbonyl (C=O) groups excluding carboxylic acids is 1. The van der Waals surface area contributed by atoms with E-state index in [9.17, 15) is 4.79 Å². The summed E-state index contributed by atoms with van der Waals surface area (Å²) in [6, 6.07) is 9.68. The molecule has 1 fully saturated rings. The van der Waals surface area contributed by atoms with Crippen molar-refractivity contribution in [2.75, 3.05) is 13.1 Å². The molecule has 2 atom stereocenters. The van der Waals surface area contributed by atoms with E-state index in [0.29, 0.717) is 17.3 Å². The van der Waals surface area contributed by atoms with Gasteiger partial charge in [0.05, 0.1) is 17.2 Å². The Morgan fingerprint density at radius 3 is 2.50 bits per heavy atom. The molecule has 1 aliphatic heterocycles. The van der Waals surface area contributed by atoms with E-state index in [2.05, 4.69) is 35.1 Å². The molecule has 2 N–H and O–H groups in total. The molecule has 2 unspecified atom stereocenters. The first-order valence-corrected chi connectivity index (χ1v) is 9.44. The molecule has 0 aliphatic carbocycles. The number of amides is 1. The van der Waals surface area contributed by atoms with Crippen molar-refractivity contribution in [3.05, 3.63) is 57.3 Å². The molecule has 1 aromatic heterocycles. The maximum absolute atomic E-state index is 12.3. The first-order chi connectivity index (χ1) is 12.4. The van der Waals surface area contributed by atoms with Crippen LogP contribution < -0.4 is 5.32 Å². The lowest BCUT2D eigenvalue weighted by Gasteiger charge is -2.35. The average Bonchev–Trinajstić information content (AvgIpc) is 2.92. The summed E-state index contributed by atoms with van der Waals surface area (Å²) in [6.45, 7) is 7.29. The number of morpholine rings is 1. The number of hydrogen-bond acceptors (Lipinski definition) is 3. The van der Waals surface area contributed by atoms with Gasteiger partial charge in [-0.3, -0.25) is 9.69 Å². The van der Waals surface area contributed by atoms with E-state index in [1.54, 1.807) is 0 Å². The Kier molecular flexibility index (Phi) is 6.24. The van der Waals surface area contributed by atoms with Gasteiger partial charge in [-0.15, -0.1) is 0 Å². The minimum atomic E-state index is -0.234. The van der Waals surface area contributed by atoms with Crippen LogP contribution in [0.4, 0.5) is 0 Å². The lowest BCUT2D eigenvalue weighted by Crippen LogP contribution is -2.45. The Morgan fingerprint density at radius 2 is 1.88 bits per heavy atom. The lowest BCUT2D eigenvalue weighted by molar-refractivity contribution is -0.0705. The second kappa shape index (κ2) is 8.44. The molecule has 0 radical (unpaired) electrons. The molecule has 0 saturated carbocycles. The van der Waals surface area contributed by atoms with Crippen LogP contribution in [0, 0.1) is 0 Å². The van der Waals surface area contributed by atoms with Crippen LogP contribution >= 0.6 is 23.2 Å². The molecule has 140 valence electrons. The van der Waals surface area contributed by atoms with Crippen LogP contribution in [-0.4, -0.2) is 41.1 Å². The predicted molar refractivity (Wildman–Crippen MR) is 104 cm³/mol. The van der Waals surface area contributed by atoms with Gasteiger partial charge in [-0.25, -0.2) is 0 Å². The number of halogens is 2. The van der Waals surface area contributed by atoms with E-state index >= 15 is 0 Å². The first kappa shape index (κ1) is 19.2. The molecule has 1 aliphatic rings. The van der Waals surface area contributed by atoms with Crippen LogP contribution in [0.3, 0.4) is 0 Å². The number of H-pyrrole nitrogens is 1. The molecule has 26 heavy (non-hydrogen) atoms. The van der Waals surface area contributed by atoms with Crippen LogP contribution in [0.15, 0.2) is 30.3 Å². The fourth-order valence-electron chi connectivity index (χ4n) is 3.34. The van der Waals surface area contributed by atoms with Crippen molar-refractivity contribution in [3.63, 3.8) is 0 Å². The molecule has 1 saturated heterocycles. The SMILES string of the molecule is CC1CN(Cc2ccccc2CNC(=O)c2cc(Cl)c(Cl)[nH]2)CC(C)O1. The monoisotopic (exact) mass is 395 g/mol. The van der Waals surface area contributed by atoms with Gasteiger partial charge in [0.2, 0.25) is 0 Å². The number of aromatic amines is 1. The van der Waals surface area contributed by atoms with Gasteiger partial charge in [0.15, 0.2) is 0 Å². The van der Waals surface area contributed by atoms with Crippen LogP contribution in [0.5, 0.6) is 0 Å². The van der Waals surface area contributed by atoms with Crippen LogP contribution in [0.2, 0.25) is 10.2 Å². The highest BCUT2D eigenvalue weighted by molar-refractivity contribution is 6.41. The molecule has 0 bridgehead atoms.